The number of nitrogens with one attached hydrogen (secondary N) is 1. The molecule has 0 spiro atoms. The summed E-state index contributed by atoms with van der Waals surface area (Å²) in [4.78, 5) is 3.71. The van der Waals surface area contributed by atoms with Gasteiger partial charge in [0.25, 0.3) is 0 Å². The molecule has 0 aliphatic heterocycles. The first-order valence-corrected chi connectivity index (χ1v) is 12.2. The number of H-pyrrole nitrogens is 1. The highest BCUT2D eigenvalue weighted by Crippen LogP contribution is 2.35. The highest BCUT2D eigenvalue weighted by atomic mass is 127. The van der Waals surface area contributed by atoms with Crippen molar-refractivity contribution >= 4 is 33.5 Å². The maximum Gasteiger partial charge on any atom is 0.0594 e. The third-order valence-electron chi connectivity index (χ3n) is 6.24. The largest absolute Gasteiger partial charge is 0.357 e. The molecular weight excluding hydrogens is 429 g/mol. The van der Waals surface area contributed by atoms with Crippen LogP contribution >= 0.6 is 22.6 Å². The average molecular weight is 465 g/mol. The van der Waals surface area contributed by atoms with Gasteiger partial charge in [0, 0.05) is 14.7 Å². The molecular formula is C24H36IN. The molecule has 26 heavy (non-hydrogen) atoms. The highest BCUT2D eigenvalue weighted by Gasteiger charge is 2.22. The van der Waals surface area contributed by atoms with Crippen molar-refractivity contribution in [3.63, 3.8) is 0 Å². The Kier molecular flexibility index (Phi) is 8.35. The van der Waals surface area contributed by atoms with Crippen LogP contribution in [-0.2, 0) is 12.8 Å². The lowest BCUT2D eigenvalue weighted by Gasteiger charge is -2.22. The Balaban J connectivity index is 1.34. The first kappa shape index (κ1) is 20.2. The molecule has 0 saturated carbocycles. The van der Waals surface area contributed by atoms with Crippen molar-refractivity contribution in [1.29, 1.82) is 0 Å². The van der Waals surface area contributed by atoms with Gasteiger partial charge in [0.05, 0.1) is 5.52 Å². The average Bonchev–Trinajstić information content (AvgIpc) is 3.03. The van der Waals surface area contributed by atoms with Crippen LogP contribution in [0, 0.1) is 9.49 Å². The molecule has 0 bridgehead atoms. The first-order valence-electron chi connectivity index (χ1n) is 11.1. The minimum atomic E-state index is 0.911. The van der Waals surface area contributed by atoms with E-state index in [1.807, 2.05) is 0 Å². The Morgan fingerprint density at radius 3 is 2.38 bits per heavy atom. The van der Waals surface area contributed by atoms with E-state index >= 15 is 0 Å². The van der Waals surface area contributed by atoms with Crippen molar-refractivity contribution in [3.8, 4) is 0 Å². The van der Waals surface area contributed by atoms with E-state index in [0.29, 0.717) is 0 Å². The fourth-order valence-corrected chi connectivity index (χ4v) is 5.28. The first-order chi connectivity index (χ1) is 12.8. The maximum atomic E-state index is 3.71. The topological polar surface area (TPSA) is 15.8 Å². The van der Waals surface area contributed by atoms with Gasteiger partial charge in [0.1, 0.15) is 0 Å². The van der Waals surface area contributed by atoms with Crippen molar-refractivity contribution in [2.45, 2.75) is 96.8 Å². The molecule has 144 valence electrons. The number of aromatic amines is 1. The Bertz CT molecular complexity index is 672. The van der Waals surface area contributed by atoms with Crippen LogP contribution in [0.1, 0.15) is 95.2 Å². The fourth-order valence-electron chi connectivity index (χ4n) is 4.64. The molecule has 1 aliphatic rings. The summed E-state index contributed by atoms with van der Waals surface area (Å²) in [6.45, 7) is 2.30. The minimum Gasteiger partial charge on any atom is -0.357 e. The second-order valence-electron chi connectivity index (χ2n) is 8.32. The smallest absolute Gasteiger partial charge is 0.0594 e. The lowest BCUT2D eigenvalue weighted by atomic mass is 9.83. The number of aryl methyl sites for hydroxylation is 1. The van der Waals surface area contributed by atoms with Gasteiger partial charge in [-0.15, -0.1) is 0 Å². The van der Waals surface area contributed by atoms with Crippen LogP contribution in [-0.4, -0.2) is 4.98 Å². The second-order valence-corrected chi connectivity index (χ2v) is 9.49. The van der Waals surface area contributed by atoms with Crippen LogP contribution in [0.5, 0.6) is 0 Å². The maximum absolute atomic E-state index is 3.71. The summed E-state index contributed by atoms with van der Waals surface area (Å²) in [5.41, 5.74) is 4.52. The number of unbranched alkanes of at least 4 members (excludes halogenated alkanes) is 9. The molecule has 1 unspecified atom stereocenters. The van der Waals surface area contributed by atoms with Crippen LogP contribution in [0.15, 0.2) is 18.2 Å². The van der Waals surface area contributed by atoms with Gasteiger partial charge < -0.3 is 4.98 Å². The van der Waals surface area contributed by atoms with E-state index < -0.39 is 0 Å². The number of hydrogen-bond donors (Lipinski definition) is 1. The third-order valence-corrected chi connectivity index (χ3v) is 7.14. The molecule has 1 N–H and O–H groups in total. The Hall–Kier alpha value is -0.510. The van der Waals surface area contributed by atoms with E-state index in [-0.39, 0.29) is 0 Å². The van der Waals surface area contributed by atoms with Gasteiger partial charge in [-0.05, 0) is 59.4 Å². The minimum absolute atomic E-state index is 0.911. The molecule has 1 nitrogen and oxygen atoms in total. The SMILES string of the molecule is CCCCCCCCCCCCC1CCc2[nH]c3c(I)cccc3c2C1. The number of halogens is 1. The van der Waals surface area contributed by atoms with Crippen molar-refractivity contribution < 1.29 is 0 Å². The molecule has 1 atom stereocenters. The Morgan fingerprint density at radius 2 is 1.65 bits per heavy atom. The van der Waals surface area contributed by atoms with Gasteiger partial charge in [-0.25, -0.2) is 0 Å². The van der Waals surface area contributed by atoms with Gasteiger partial charge in [-0.3, -0.25) is 0 Å². The molecule has 0 amide bonds. The lowest BCUT2D eigenvalue weighted by molar-refractivity contribution is 0.403. The van der Waals surface area contributed by atoms with Crippen LogP contribution in [0.3, 0.4) is 0 Å². The Labute approximate surface area is 173 Å². The van der Waals surface area contributed by atoms with Gasteiger partial charge in [0.2, 0.25) is 0 Å². The lowest BCUT2D eigenvalue weighted by Crippen LogP contribution is -2.13. The molecule has 0 saturated heterocycles. The second kappa shape index (κ2) is 10.7. The zero-order chi connectivity index (χ0) is 18.2. The number of para-hydroxylation sites is 1. The zero-order valence-electron chi connectivity index (χ0n) is 16.6. The van der Waals surface area contributed by atoms with Gasteiger partial charge in [-0.2, -0.15) is 0 Å². The molecule has 1 heterocycles. The number of benzene rings is 1. The Morgan fingerprint density at radius 1 is 0.962 bits per heavy atom. The van der Waals surface area contributed by atoms with Crippen molar-refractivity contribution in [2.75, 3.05) is 0 Å². The predicted molar refractivity (Wildman–Crippen MR) is 123 cm³/mol. The monoisotopic (exact) mass is 465 g/mol. The summed E-state index contributed by atoms with van der Waals surface area (Å²) >= 11 is 2.46. The van der Waals surface area contributed by atoms with Crippen molar-refractivity contribution in [1.82, 2.24) is 4.98 Å². The summed E-state index contributed by atoms with van der Waals surface area (Å²) in [5, 5.41) is 1.49. The standard InChI is InChI=1S/C24H36IN/c1-2-3-4-5-6-7-8-9-10-11-13-19-16-17-23-21(18-19)20-14-12-15-22(25)24(20)26-23/h12,14-15,19,26H,2-11,13,16-18H2,1H3. The van der Waals surface area contributed by atoms with Gasteiger partial charge >= 0.3 is 0 Å². The number of rotatable bonds is 11. The van der Waals surface area contributed by atoms with Crippen molar-refractivity contribution in [3.05, 3.63) is 33.0 Å². The molecule has 0 fully saturated rings. The van der Waals surface area contributed by atoms with Gasteiger partial charge in [0.15, 0.2) is 0 Å². The predicted octanol–water partition coefficient (Wildman–Crippen LogP) is 8.19. The molecule has 1 aromatic carbocycles. The molecule has 1 aromatic heterocycles. The number of fused-ring (bicyclic) bond motifs is 3. The summed E-state index contributed by atoms with van der Waals surface area (Å²) in [6.07, 6.45) is 19.8. The van der Waals surface area contributed by atoms with Crippen molar-refractivity contribution in [2.24, 2.45) is 5.92 Å². The normalized spacial score (nSPS) is 16.9. The molecule has 1 aliphatic carbocycles. The van der Waals surface area contributed by atoms with Crippen LogP contribution in [0.2, 0.25) is 0 Å². The highest BCUT2D eigenvalue weighted by molar-refractivity contribution is 14.1. The zero-order valence-corrected chi connectivity index (χ0v) is 18.7. The van der Waals surface area contributed by atoms with E-state index in [9.17, 15) is 0 Å². The van der Waals surface area contributed by atoms with E-state index in [2.05, 4.69) is 52.7 Å². The van der Waals surface area contributed by atoms with E-state index in [1.165, 1.54) is 110 Å². The number of aromatic nitrogens is 1. The van der Waals surface area contributed by atoms with Crippen LogP contribution in [0.25, 0.3) is 10.9 Å². The molecule has 3 rings (SSSR count). The molecule has 0 radical (unpaired) electrons. The van der Waals surface area contributed by atoms with E-state index in [0.717, 1.165) is 5.92 Å². The van der Waals surface area contributed by atoms with Crippen LogP contribution < -0.4 is 0 Å². The van der Waals surface area contributed by atoms with E-state index in [4.69, 9.17) is 0 Å². The summed E-state index contributed by atoms with van der Waals surface area (Å²) < 4.78 is 1.36. The summed E-state index contributed by atoms with van der Waals surface area (Å²) in [5.74, 6) is 0.911. The summed E-state index contributed by atoms with van der Waals surface area (Å²) in [6, 6.07) is 6.74. The van der Waals surface area contributed by atoms with Gasteiger partial charge in [-0.1, -0.05) is 89.7 Å². The van der Waals surface area contributed by atoms with Crippen LogP contribution in [0.4, 0.5) is 0 Å². The number of hydrogen-bond acceptors (Lipinski definition) is 0. The quantitative estimate of drug-likeness (QED) is 0.254. The van der Waals surface area contributed by atoms with E-state index in [1.54, 1.807) is 5.56 Å². The molecule has 2 heteroatoms. The summed E-state index contributed by atoms with van der Waals surface area (Å²) in [7, 11) is 0. The molecule has 2 aromatic rings. The third kappa shape index (κ3) is 5.50. The fraction of sp³-hybridized carbons (Fsp3) is 0.667.